The number of aliphatic hydroxyl groups excluding tert-OH is 1. The fourth-order valence-corrected chi connectivity index (χ4v) is 2.47. The van der Waals surface area contributed by atoms with Crippen molar-refractivity contribution in [2.75, 3.05) is 6.54 Å². The van der Waals surface area contributed by atoms with Crippen LogP contribution in [0, 0.1) is 5.92 Å². The zero-order chi connectivity index (χ0) is 12.8. The molecular weight excluding hydrogens is 278 g/mol. The number of hydrogen-bond donors (Lipinski definition) is 2. The van der Waals surface area contributed by atoms with Gasteiger partial charge < -0.3 is 10.8 Å². The molecule has 0 saturated carbocycles. The van der Waals surface area contributed by atoms with Crippen LogP contribution in [0.4, 0.5) is 0 Å². The van der Waals surface area contributed by atoms with Crippen molar-refractivity contribution in [3.05, 3.63) is 34.3 Å². The summed E-state index contributed by atoms with van der Waals surface area (Å²) in [5, 5.41) is 10.3. The third-order valence-electron chi connectivity index (χ3n) is 3.29. The van der Waals surface area contributed by atoms with Gasteiger partial charge in [0.05, 0.1) is 6.10 Å². The Bertz CT molecular complexity index is 325. The number of rotatable bonds is 6. The SMILES string of the molecule is CCCC(C)C(O)C(CN)c1ccc(Br)cc1. The predicted molar refractivity (Wildman–Crippen MR) is 76.0 cm³/mol. The fraction of sp³-hybridized carbons (Fsp3) is 0.571. The molecule has 3 N–H and O–H groups in total. The third-order valence-corrected chi connectivity index (χ3v) is 3.82. The summed E-state index contributed by atoms with van der Waals surface area (Å²) in [6.07, 6.45) is 1.77. The van der Waals surface area contributed by atoms with Crippen LogP contribution in [0.2, 0.25) is 0 Å². The van der Waals surface area contributed by atoms with Crippen LogP contribution in [0.15, 0.2) is 28.7 Å². The van der Waals surface area contributed by atoms with Crippen molar-refractivity contribution in [1.29, 1.82) is 0 Å². The second-order valence-electron chi connectivity index (χ2n) is 4.65. The molecule has 0 aromatic heterocycles. The van der Waals surface area contributed by atoms with E-state index in [0.717, 1.165) is 22.9 Å². The lowest BCUT2D eigenvalue weighted by Crippen LogP contribution is -2.31. The standard InChI is InChI=1S/C14H22BrNO/c1-3-4-10(2)14(17)13(9-16)11-5-7-12(15)8-6-11/h5-8,10,13-14,17H,3-4,9,16H2,1-2H3. The van der Waals surface area contributed by atoms with Gasteiger partial charge in [-0.2, -0.15) is 0 Å². The first-order chi connectivity index (χ1) is 8.10. The number of benzene rings is 1. The van der Waals surface area contributed by atoms with Gasteiger partial charge in [0, 0.05) is 16.9 Å². The van der Waals surface area contributed by atoms with E-state index in [2.05, 4.69) is 29.8 Å². The van der Waals surface area contributed by atoms with Crippen molar-refractivity contribution in [2.24, 2.45) is 11.7 Å². The Kier molecular flexibility index (Phi) is 6.17. The van der Waals surface area contributed by atoms with Crippen molar-refractivity contribution in [2.45, 2.75) is 38.7 Å². The van der Waals surface area contributed by atoms with E-state index < -0.39 is 0 Å². The molecule has 3 heteroatoms. The van der Waals surface area contributed by atoms with Gasteiger partial charge in [-0.05, 0) is 30.0 Å². The molecule has 1 aromatic rings. The maximum atomic E-state index is 10.3. The molecule has 0 saturated heterocycles. The van der Waals surface area contributed by atoms with Crippen molar-refractivity contribution in [3.8, 4) is 0 Å². The number of halogens is 1. The van der Waals surface area contributed by atoms with Crippen LogP contribution in [0.3, 0.4) is 0 Å². The van der Waals surface area contributed by atoms with Gasteiger partial charge >= 0.3 is 0 Å². The van der Waals surface area contributed by atoms with Crippen LogP contribution in [0.5, 0.6) is 0 Å². The summed E-state index contributed by atoms with van der Waals surface area (Å²) in [4.78, 5) is 0. The van der Waals surface area contributed by atoms with Crippen molar-refractivity contribution in [3.63, 3.8) is 0 Å². The summed E-state index contributed by atoms with van der Waals surface area (Å²) in [5.41, 5.74) is 6.92. The Morgan fingerprint density at radius 2 is 1.88 bits per heavy atom. The molecule has 0 aliphatic rings. The van der Waals surface area contributed by atoms with Gasteiger partial charge in [0.2, 0.25) is 0 Å². The summed E-state index contributed by atoms with van der Waals surface area (Å²) >= 11 is 3.41. The molecule has 0 aliphatic heterocycles. The molecule has 96 valence electrons. The van der Waals surface area contributed by atoms with Crippen LogP contribution in [-0.4, -0.2) is 17.8 Å². The molecule has 17 heavy (non-hydrogen) atoms. The zero-order valence-electron chi connectivity index (χ0n) is 10.6. The summed E-state index contributed by atoms with van der Waals surface area (Å²) in [7, 11) is 0. The lowest BCUT2D eigenvalue weighted by Gasteiger charge is -2.27. The lowest BCUT2D eigenvalue weighted by atomic mass is 9.85. The maximum Gasteiger partial charge on any atom is 0.0646 e. The van der Waals surface area contributed by atoms with Gasteiger partial charge in [-0.15, -0.1) is 0 Å². The van der Waals surface area contributed by atoms with Gasteiger partial charge in [0.15, 0.2) is 0 Å². The largest absolute Gasteiger partial charge is 0.392 e. The molecule has 0 spiro atoms. The Morgan fingerprint density at radius 1 is 1.29 bits per heavy atom. The second kappa shape index (κ2) is 7.14. The smallest absolute Gasteiger partial charge is 0.0646 e. The van der Waals surface area contributed by atoms with Crippen LogP contribution in [0.1, 0.15) is 38.2 Å². The second-order valence-corrected chi connectivity index (χ2v) is 5.57. The number of hydrogen-bond acceptors (Lipinski definition) is 2. The Labute approximate surface area is 112 Å². The average Bonchev–Trinajstić information content (AvgIpc) is 2.32. The molecule has 0 aliphatic carbocycles. The molecule has 3 atom stereocenters. The third kappa shape index (κ3) is 4.09. The highest BCUT2D eigenvalue weighted by atomic mass is 79.9. The van der Waals surface area contributed by atoms with E-state index in [-0.39, 0.29) is 17.9 Å². The highest BCUT2D eigenvalue weighted by Crippen LogP contribution is 2.26. The van der Waals surface area contributed by atoms with Gasteiger partial charge in [0.25, 0.3) is 0 Å². The molecule has 0 bridgehead atoms. The number of nitrogens with two attached hydrogens (primary N) is 1. The topological polar surface area (TPSA) is 46.2 Å². The molecule has 0 heterocycles. The lowest BCUT2D eigenvalue weighted by molar-refractivity contribution is 0.0859. The molecule has 0 amide bonds. The van der Waals surface area contributed by atoms with Crippen molar-refractivity contribution >= 4 is 15.9 Å². The minimum Gasteiger partial charge on any atom is -0.392 e. The first-order valence-electron chi connectivity index (χ1n) is 6.23. The molecule has 1 rings (SSSR count). The Hall–Kier alpha value is -0.380. The van der Waals surface area contributed by atoms with E-state index >= 15 is 0 Å². The fourth-order valence-electron chi connectivity index (χ4n) is 2.21. The van der Waals surface area contributed by atoms with Crippen molar-refractivity contribution < 1.29 is 5.11 Å². The Morgan fingerprint density at radius 3 is 2.35 bits per heavy atom. The summed E-state index contributed by atoms with van der Waals surface area (Å²) in [6.45, 7) is 4.72. The van der Waals surface area contributed by atoms with E-state index in [9.17, 15) is 5.11 Å². The first kappa shape index (κ1) is 14.7. The molecule has 2 nitrogen and oxygen atoms in total. The maximum absolute atomic E-state index is 10.3. The quantitative estimate of drug-likeness (QED) is 0.847. The van der Waals surface area contributed by atoms with E-state index in [1.807, 2.05) is 24.3 Å². The van der Waals surface area contributed by atoms with Gasteiger partial charge in [-0.1, -0.05) is 48.3 Å². The van der Waals surface area contributed by atoms with Crippen molar-refractivity contribution in [1.82, 2.24) is 0 Å². The minimum atomic E-state index is -0.360. The van der Waals surface area contributed by atoms with Gasteiger partial charge in [0.1, 0.15) is 0 Å². The summed E-state index contributed by atoms with van der Waals surface area (Å²) in [5.74, 6) is 0.321. The average molecular weight is 300 g/mol. The van der Waals surface area contributed by atoms with Gasteiger partial charge in [-0.3, -0.25) is 0 Å². The highest BCUT2D eigenvalue weighted by molar-refractivity contribution is 9.10. The normalized spacial score (nSPS) is 16.5. The van der Waals surface area contributed by atoms with Gasteiger partial charge in [-0.25, -0.2) is 0 Å². The van der Waals surface area contributed by atoms with Crippen LogP contribution < -0.4 is 5.73 Å². The highest BCUT2D eigenvalue weighted by Gasteiger charge is 2.24. The van der Waals surface area contributed by atoms with Crippen LogP contribution in [-0.2, 0) is 0 Å². The number of aliphatic hydroxyl groups is 1. The molecule has 1 aromatic carbocycles. The molecule has 0 radical (unpaired) electrons. The van der Waals surface area contributed by atoms with E-state index in [1.54, 1.807) is 0 Å². The monoisotopic (exact) mass is 299 g/mol. The first-order valence-corrected chi connectivity index (χ1v) is 7.03. The molecule has 3 unspecified atom stereocenters. The zero-order valence-corrected chi connectivity index (χ0v) is 12.2. The van der Waals surface area contributed by atoms with Crippen LogP contribution in [0.25, 0.3) is 0 Å². The van der Waals surface area contributed by atoms with E-state index in [1.165, 1.54) is 0 Å². The summed E-state index contributed by atoms with van der Waals surface area (Å²) < 4.78 is 1.05. The predicted octanol–water partition coefficient (Wildman–Crippen LogP) is 3.29. The molecule has 0 fully saturated rings. The van der Waals surface area contributed by atoms with E-state index in [0.29, 0.717) is 6.54 Å². The minimum absolute atomic E-state index is 0.0321. The van der Waals surface area contributed by atoms with Crippen LogP contribution >= 0.6 is 15.9 Å². The summed E-state index contributed by atoms with van der Waals surface area (Å²) in [6, 6.07) is 8.05. The van der Waals surface area contributed by atoms with E-state index in [4.69, 9.17) is 5.73 Å². The Balaban J connectivity index is 2.79. The molecular formula is C14H22BrNO.